The Hall–Kier alpha value is -2.05. The molecule has 1 aliphatic rings. The number of carbonyl (C=O) groups is 1. The maximum Gasteiger partial charge on any atom is 0.234 e. The number of hydrogen-bond donors (Lipinski definition) is 2. The first kappa shape index (κ1) is 17.3. The van der Waals surface area contributed by atoms with E-state index in [2.05, 4.69) is 24.0 Å². The van der Waals surface area contributed by atoms with Crippen molar-refractivity contribution in [2.45, 2.75) is 12.8 Å². The number of aryl methyl sites for hydroxylation is 1. The van der Waals surface area contributed by atoms with Crippen LogP contribution in [-0.4, -0.2) is 55.6 Å². The Bertz CT molecular complexity index is 539. The topological polar surface area (TPSA) is 70.8 Å². The van der Waals surface area contributed by atoms with Crippen LogP contribution in [0.1, 0.15) is 12.0 Å². The van der Waals surface area contributed by atoms with E-state index >= 15 is 0 Å². The Labute approximate surface area is 137 Å². The molecule has 6 heteroatoms. The maximum absolute atomic E-state index is 12.0. The van der Waals surface area contributed by atoms with Crippen molar-refractivity contribution in [3.8, 4) is 5.75 Å². The number of benzene rings is 1. The fourth-order valence-corrected chi connectivity index (χ4v) is 2.44. The van der Waals surface area contributed by atoms with Gasteiger partial charge in [-0.2, -0.15) is 0 Å². The van der Waals surface area contributed by atoms with E-state index in [0.29, 0.717) is 30.9 Å². The van der Waals surface area contributed by atoms with Gasteiger partial charge >= 0.3 is 0 Å². The number of nitrogens with zero attached hydrogens (tertiary/aromatic N) is 2. The summed E-state index contributed by atoms with van der Waals surface area (Å²) in [6.07, 6.45) is 2.78. The third-order valence-electron chi connectivity index (χ3n) is 3.86. The highest BCUT2D eigenvalue weighted by Crippen LogP contribution is 2.23. The summed E-state index contributed by atoms with van der Waals surface area (Å²) < 4.78 is 5.44. The molecule has 23 heavy (non-hydrogen) atoms. The number of amides is 1. The van der Waals surface area contributed by atoms with E-state index in [-0.39, 0.29) is 5.91 Å². The fraction of sp³-hybridized carbons (Fsp3) is 0.471. The first-order chi connectivity index (χ1) is 11.1. The molecule has 0 atom stereocenters. The SMILES string of the molecule is C=CCOc1ccc(CCC(=O)NN2CCN(C)CC2)cc1N. The number of likely N-dealkylation sites (N-methyl/N-ethyl adjacent to an activating group) is 1. The second-order valence-electron chi connectivity index (χ2n) is 5.80. The minimum Gasteiger partial charge on any atom is -0.487 e. The third-order valence-corrected chi connectivity index (χ3v) is 3.86. The molecule has 1 aromatic rings. The smallest absolute Gasteiger partial charge is 0.234 e. The number of nitrogen functional groups attached to an aromatic ring is 1. The lowest BCUT2D eigenvalue weighted by Gasteiger charge is -2.32. The zero-order chi connectivity index (χ0) is 16.7. The van der Waals surface area contributed by atoms with Gasteiger partial charge in [0.25, 0.3) is 0 Å². The van der Waals surface area contributed by atoms with Gasteiger partial charge in [0.1, 0.15) is 12.4 Å². The Morgan fingerprint density at radius 2 is 2.13 bits per heavy atom. The van der Waals surface area contributed by atoms with Crippen molar-refractivity contribution in [1.29, 1.82) is 0 Å². The summed E-state index contributed by atoms with van der Waals surface area (Å²) in [6, 6.07) is 5.64. The summed E-state index contributed by atoms with van der Waals surface area (Å²) >= 11 is 0. The fourth-order valence-electron chi connectivity index (χ4n) is 2.44. The maximum atomic E-state index is 12.0. The molecule has 1 heterocycles. The summed E-state index contributed by atoms with van der Waals surface area (Å²) in [6.45, 7) is 7.72. The molecule has 1 amide bonds. The van der Waals surface area contributed by atoms with E-state index in [1.54, 1.807) is 6.08 Å². The molecule has 126 valence electrons. The number of carbonyl (C=O) groups excluding carboxylic acids is 1. The van der Waals surface area contributed by atoms with Gasteiger partial charge in [-0.05, 0) is 31.2 Å². The van der Waals surface area contributed by atoms with Gasteiger partial charge in [0.15, 0.2) is 0 Å². The molecule has 0 aliphatic carbocycles. The molecule has 0 radical (unpaired) electrons. The van der Waals surface area contributed by atoms with E-state index in [0.717, 1.165) is 31.7 Å². The molecule has 3 N–H and O–H groups in total. The normalized spacial score (nSPS) is 16.0. The highest BCUT2D eigenvalue weighted by Gasteiger charge is 2.15. The molecule has 0 spiro atoms. The van der Waals surface area contributed by atoms with E-state index in [1.165, 1.54) is 0 Å². The number of nitrogens with two attached hydrogens (primary N) is 1. The van der Waals surface area contributed by atoms with Crippen molar-refractivity contribution >= 4 is 11.6 Å². The number of ether oxygens (including phenoxy) is 1. The number of hydrazine groups is 1. The Balaban J connectivity index is 1.77. The van der Waals surface area contributed by atoms with Crippen LogP contribution >= 0.6 is 0 Å². The molecule has 0 unspecified atom stereocenters. The van der Waals surface area contributed by atoms with Gasteiger partial charge in [-0.25, -0.2) is 5.01 Å². The van der Waals surface area contributed by atoms with Crippen LogP contribution in [0.5, 0.6) is 5.75 Å². The van der Waals surface area contributed by atoms with Crippen LogP contribution < -0.4 is 15.9 Å². The number of hydrogen-bond acceptors (Lipinski definition) is 5. The molecule has 1 aromatic carbocycles. The standard InChI is InChI=1S/C17H26N4O2/c1-3-12-23-16-6-4-14(13-15(16)18)5-7-17(22)19-21-10-8-20(2)9-11-21/h3-4,6,13H,1,5,7-12,18H2,2H3,(H,19,22). The highest BCUT2D eigenvalue weighted by molar-refractivity contribution is 5.75. The van der Waals surface area contributed by atoms with E-state index in [9.17, 15) is 4.79 Å². The van der Waals surface area contributed by atoms with Crippen LogP contribution in [0.15, 0.2) is 30.9 Å². The lowest BCUT2D eigenvalue weighted by molar-refractivity contribution is -0.126. The summed E-state index contributed by atoms with van der Waals surface area (Å²) in [5.74, 6) is 0.690. The minimum atomic E-state index is 0.0418. The van der Waals surface area contributed by atoms with Crippen LogP contribution in [0, 0.1) is 0 Å². The summed E-state index contributed by atoms with van der Waals surface area (Å²) in [5, 5.41) is 1.99. The van der Waals surface area contributed by atoms with Crippen molar-refractivity contribution < 1.29 is 9.53 Å². The molecule has 0 saturated carbocycles. The first-order valence-corrected chi connectivity index (χ1v) is 7.93. The Morgan fingerprint density at radius 3 is 2.78 bits per heavy atom. The van der Waals surface area contributed by atoms with Crippen LogP contribution in [0.25, 0.3) is 0 Å². The molecule has 1 saturated heterocycles. The number of anilines is 1. The Kier molecular flexibility index (Phi) is 6.43. The molecular formula is C17H26N4O2. The van der Waals surface area contributed by atoms with Gasteiger partial charge in [-0.3, -0.25) is 10.2 Å². The van der Waals surface area contributed by atoms with Gasteiger partial charge < -0.3 is 15.4 Å². The molecule has 1 fully saturated rings. The highest BCUT2D eigenvalue weighted by atomic mass is 16.5. The zero-order valence-electron chi connectivity index (χ0n) is 13.8. The zero-order valence-corrected chi connectivity index (χ0v) is 13.8. The summed E-state index contributed by atoms with van der Waals surface area (Å²) in [7, 11) is 2.09. The quantitative estimate of drug-likeness (QED) is 0.581. The van der Waals surface area contributed by atoms with Crippen molar-refractivity contribution in [3.05, 3.63) is 36.4 Å². The minimum absolute atomic E-state index is 0.0418. The van der Waals surface area contributed by atoms with Gasteiger partial charge in [0.2, 0.25) is 5.91 Å². The Morgan fingerprint density at radius 1 is 1.39 bits per heavy atom. The van der Waals surface area contributed by atoms with E-state index < -0.39 is 0 Å². The van der Waals surface area contributed by atoms with Gasteiger partial charge in [0, 0.05) is 32.6 Å². The average molecular weight is 318 g/mol. The van der Waals surface area contributed by atoms with Gasteiger partial charge in [-0.1, -0.05) is 18.7 Å². The van der Waals surface area contributed by atoms with Crippen molar-refractivity contribution in [1.82, 2.24) is 15.3 Å². The molecule has 2 rings (SSSR count). The lowest BCUT2D eigenvalue weighted by Crippen LogP contribution is -2.52. The summed E-state index contributed by atoms with van der Waals surface area (Å²) in [4.78, 5) is 14.3. The third kappa shape index (κ3) is 5.58. The van der Waals surface area contributed by atoms with Crippen LogP contribution in [0.4, 0.5) is 5.69 Å². The van der Waals surface area contributed by atoms with Crippen LogP contribution in [-0.2, 0) is 11.2 Å². The molecule has 0 aromatic heterocycles. The number of piperazine rings is 1. The van der Waals surface area contributed by atoms with Crippen molar-refractivity contribution in [2.75, 3.05) is 45.6 Å². The van der Waals surface area contributed by atoms with Crippen molar-refractivity contribution in [3.63, 3.8) is 0 Å². The van der Waals surface area contributed by atoms with E-state index in [1.807, 2.05) is 23.2 Å². The average Bonchev–Trinajstić information content (AvgIpc) is 2.54. The predicted molar refractivity (Wildman–Crippen MR) is 92.1 cm³/mol. The predicted octanol–water partition coefficient (Wildman–Crippen LogP) is 1.04. The largest absolute Gasteiger partial charge is 0.487 e. The lowest BCUT2D eigenvalue weighted by atomic mass is 10.1. The monoisotopic (exact) mass is 318 g/mol. The summed E-state index contributed by atoms with van der Waals surface area (Å²) in [5.41, 5.74) is 10.5. The molecule has 6 nitrogen and oxygen atoms in total. The van der Waals surface area contributed by atoms with Gasteiger partial charge in [-0.15, -0.1) is 0 Å². The first-order valence-electron chi connectivity index (χ1n) is 7.93. The number of rotatable bonds is 7. The van der Waals surface area contributed by atoms with Crippen LogP contribution in [0.3, 0.4) is 0 Å². The second-order valence-corrected chi connectivity index (χ2v) is 5.80. The van der Waals surface area contributed by atoms with Crippen molar-refractivity contribution in [2.24, 2.45) is 0 Å². The van der Waals surface area contributed by atoms with Crippen LogP contribution in [0.2, 0.25) is 0 Å². The molecule has 0 bridgehead atoms. The molecule has 1 aliphatic heterocycles. The van der Waals surface area contributed by atoms with Gasteiger partial charge in [0.05, 0.1) is 5.69 Å². The molecular weight excluding hydrogens is 292 g/mol. The second kappa shape index (κ2) is 8.55. The van der Waals surface area contributed by atoms with E-state index in [4.69, 9.17) is 10.5 Å². The number of nitrogens with one attached hydrogen (secondary N) is 1.